The van der Waals surface area contributed by atoms with Crippen molar-refractivity contribution in [2.45, 2.75) is 6.92 Å². The molecule has 0 amide bonds. The van der Waals surface area contributed by atoms with Crippen LogP contribution in [0.2, 0.25) is 0 Å². The maximum atomic E-state index is 8.43. The summed E-state index contributed by atoms with van der Waals surface area (Å²) in [6.07, 6.45) is 0.0642. The fourth-order valence-corrected chi connectivity index (χ4v) is 1.20. The lowest BCUT2D eigenvalue weighted by Crippen LogP contribution is -2.28. The zero-order valence-corrected chi connectivity index (χ0v) is 6.16. The highest BCUT2D eigenvalue weighted by Crippen LogP contribution is 1.80. The molecule has 0 aromatic rings. The van der Waals surface area contributed by atoms with Crippen LogP contribution in [-0.2, 0) is 4.43 Å². The van der Waals surface area contributed by atoms with Crippen LogP contribution in [0.1, 0.15) is 6.92 Å². The number of hydrogen-bond donors (Lipinski definition) is 2. The van der Waals surface area contributed by atoms with Gasteiger partial charge >= 0.3 is 0 Å². The highest BCUT2D eigenvalue weighted by Gasteiger charge is 2.05. The standard InChI is InChI=1S/C4H12O3Si/c1-2-7-8(3-5)4-6/h5-6,8H,2-4H2,1H3. The lowest BCUT2D eigenvalue weighted by atomic mass is 10.9. The third-order valence-corrected chi connectivity index (χ3v) is 2.43. The Balaban J connectivity index is 3.07. The molecular formula is C4H12O3Si. The van der Waals surface area contributed by atoms with E-state index in [4.69, 9.17) is 14.6 Å². The van der Waals surface area contributed by atoms with E-state index < -0.39 is 9.04 Å². The Kier molecular flexibility index (Phi) is 5.30. The second kappa shape index (κ2) is 5.24. The number of hydrogen-bond acceptors (Lipinski definition) is 3. The van der Waals surface area contributed by atoms with Crippen LogP contribution in [0.5, 0.6) is 0 Å². The Labute approximate surface area is 50.6 Å². The molecule has 0 bridgehead atoms. The quantitative estimate of drug-likeness (QED) is 0.478. The van der Waals surface area contributed by atoms with Gasteiger partial charge in [0, 0.05) is 6.61 Å². The first-order valence-corrected chi connectivity index (χ1v) is 4.78. The van der Waals surface area contributed by atoms with Gasteiger partial charge in [-0.1, -0.05) is 0 Å². The van der Waals surface area contributed by atoms with Crippen LogP contribution >= 0.6 is 0 Å². The molecule has 4 heteroatoms. The van der Waals surface area contributed by atoms with Gasteiger partial charge in [0.25, 0.3) is 0 Å². The molecule has 0 fully saturated rings. The lowest BCUT2D eigenvalue weighted by Gasteiger charge is -2.06. The van der Waals surface area contributed by atoms with Gasteiger partial charge in [-0.05, 0) is 6.92 Å². The zero-order chi connectivity index (χ0) is 6.41. The summed E-state index contributed by atoms with van der Waals surface area (Å²) in [5.74, 6) is 0. The van der Waals surface area contributed by atoms with Crippen LogP contribution in [0.15, 0.2) is 0 Å². The second-order valence-corrected chi connectivity index (χ2v) is 3.75. The summed E-state index contributed by atoms with van der Waals surface area (Å²) in [6.45, 7) is 2.45. The van der Waals surface area contributed by atoms with Crippen LogP contribution < -0.4 is 0 Å². The third kappa shape index (κ3) is 3.14. The average molecular weight is 136 g/mol. The molecule has 0 aliphatic heterocycles. The minimum Gasteiger partial charge on any atom is -0.416 e. The molecule has 0 heterocycles. The summed E-state index contributed by atoms with van der Waals surface area (Å²) in [5, 5.41) is 16.9. The first-order valence-electron chi connectivity index (χ1n) is 2.68. The van der Waals surface area contributed by atoms with E-state index >= 15 is 0 Å². The highest BCUT2D eigenvalue weighted by molar-refractivity contribution is 6.51. The molecule has 8 heavy (non-hydrogen) atoms. The van der Waals surface area contributed by atoms with Crippen molar-refractivity contribution in [2.24, 2.45) is 0 Å². The fourth-order valence-electron chi connectivity index (χ4n) is 0.399. The van der Waals surface area contributed by atoms with E-state index in [1.807, 2.05) is 6.92 Å². The lowest BCUT2D eigenvalue weighted by molar-refractivity contribution is 0.251. The number of rotatable bonds is 4. The van der Waals surface area contributed by atoms with Gasteiger partial charge in [-0.15, -0.1) is 0 Å². The van der Waals surface area contributed by atoms with E-state index in [0.29, 0.717) is 6.61 Å². The average Bonchev–Trinajstić information content (AvgIpc) is 1.83. The predicted octanol–water partition coefficient (Wildman–Crippen LogP) is -1.19. The zero-order valence-electron chi connectivity index (χ0n) is 5.00. The normalized spacial score (nSPS) is 10.5. The van der Waals surface area contributed by atoms with Crippen molar-refractivity contribution in [1.29, 1.82) is 0 Å². The van der Waals surface area contributed by atoms with Gasteiger partial charge in [0.2, 0.25) is 9.04 Å². The Bertz CT molecular complexity index is 46.5. The van der Waals surface area contributed by atoms with Crippen molar-refractivity contribution in [3.63, 3.8) is 0 Å². The SMILES string of the molecule is CCO[SiH](CO)CO. The third-order valence-electron chi connectivity index (χ3n) is 0.810. The summed E-state index contributed by atoms with van der Waals surface area (Å²) in [6, 6.07) is 0. The minimum atomic E-state index is -1.58. The maximum Gasteiger partial charge on any atom is 0.226 e. The molecule has 2 N–H and O–H groups in total. The Morgan fingerprint density at radius 3 is 2.00 bits per heavy atom. The molecular weight excluding hydrogens is 124 g/mol. The van der Waals surface area contributed by atoms with Gasteiger partial charge in [-0.3, -0.25) is 0 Å². The van der Waals surface area contributed by atoms with Crippen LogP contribution in [-0.4, -0.2) is 38.3 Å². The van der Waals surface area contributed by atoms with Gasteiger partial charge in [0.05, 0.1) is 12.5 Å². The summed E-state index contributed by atoms with van der Waals surface area (Å²) in [7, 11) is -1.58. The Morgan fingerprint density at radius 2 is 1.88 bits per heavy atom. The Morgan fingerprint density at radius 1 is 1.38 bits per heavy atom. The summed E-state index contributed by atoms with van der Waals surface area (Å²) < 4.78 is 4.98. The van der Waals surface area contributed by atoms with Crippen molar-refractivity contribution in [2.75, 3.05) is 19.1 Å². The van der Waals surface area contributed by atoms with Crippen LogP contribution in [0.4, 0.5) is 0 Å². The van der Waals surface area contributed by atoms with E-state index in [0.717, 1.165) is 0 Å². The number of aliphatic hydroxyl groups is 2. The molecule has 0 rings (SSSR count). The Hall–Kier alpha value is 0.0969. The van der Waals surface area contributed by atoms with Crippen molar-refractivity contribution in [1.82, 2.24) is 0 Å². The summed E-state index contributed by atoms with van der Waals surface area (Å²) in [4.78, 5) is 0. The largest absolute Gasteiger partial charge is 0.416 e. The van der Waals surface area contributed by atoms with Gasteiger partial charge in [0.1, 0.15) is 0 Å². The molecule has 0 aromatic heterocycles. The first-order chi connectivity index (χ1) is 3.85. The van der Waals surface area contributed by atoms with E-state index in [2.05, 4.69) is 0 Å². The van der Waals surface area contributed by atoms with Crippen LogP contribution in [0.25, 0.3) is 0 Å². The van der Waals surface area contributed by atoms with Gasteiger partial charge < -0.3 is 14.6 Å². The fraction of sp³-hybridized carbons (Fsp3) is 1.00. The van der Waals surface area contributed by atoms with Crippen molar-refractivity contribution < 1.29 is 14.6 Å². The molecule has 0 aromatic carbocycles. The van der Waals surface area contributed by atoms with Crippen LogP contribution in [0.3, 0.4) is 0 Å². The second-order valence-electron chi connectivity index (χ2n) is 1.44. The molecule has 0 radical (unpaired) electrons. The highest BCUT2D eigenvalue weighted by atomic mass is 28.3. The minimum absolute atomic E-state index is 0.0321. The molecule has 0 aliphatic rings. The van der Waals surface area contributed by atoms with Crippen LogP contribution in [0, 0.1) is 0 Å². The summed E-state index contributed by atoms with van der Waals surface area (Å²) >= 11 is 0. The van der Waals surface area contributed by atoms with E-state index in [-0.39, 0.29) is 12.5 Å². The molecule has 0 atom stereocenters. The summed E-state index contributed by atoms with van der Waals surface area (Å²) in [5.41, 5.74) is 0. The molecule has 0 saturated heterocycles. The smallest absolute Gasteiger partial charge is 0.226 e. The topological polar surface area (TPSA) is 49.7 Å². The predicted molar refractivity (Wildman–Crippen MR) is 32.9 cm³/mol. The first kappa shape index (κ1) is 8.10. The van der Waals surface area contributed by atoms with E-state index in [9.17, 15) is 0 Å². The van der Waals surface area contributed by atoms with Crippen molar-refractivity contribution in [3.05, 3.63) is 0 Å². The molecule has 0 saturated carbocycles. The molecule has 0 aliphatic carbocycles. The number of aliphatic hydroxyl groups excluding tert-OH is 2. The molecule has 0 spiro atoms. The van der Waals surface area contributed by atoms with Gasteiger partial charge in [-0.2, -0.15) is 0 Å². The van der Waals surface area contributed by atoms with Crippen molar-refractivity contribution in [3.8, 4) is 0 Å². The maximum absolute atomic E-state index is 8.43. The monoisotopic (exact) mass is 136 g/mol. The van der Waals surface area contributed by atoms with Gasteiger partial charge in [0.15, 0.2) is 0 Å². The van der Waals surface area contributed by atoms with E-state index in [1.54, 1.807) is 0 Å². The van der Waals surface area contributed by atoms with E-state index in [1.165, 1.54) is 0 Å². The molecule has 3 nitrogen and oxygen atoms in total. The molecule has 0 unspecified atom stereocenters. The van der Waals surface area contributed by atoms with Crippen molar-refractivity contribution >= 4 is 9.04 Å². The molecule has 50 valence electrons. The van der Waals surface area contributed by atoms with Gasteiger partial charge in [-0.25, -0.2) is 0 Å².